The van der Waals surface area contributed by atoms with Crippen molar-refractivity contribution in [1.29, 1.82) is 0 Å². The van der Waals surface area contributed by atoms with Gasteiger partial charge in [-0.1, -0.05) is 11.6 Å². The maximum Gasteiger partial charge on any atom is 0.220 e. The Morgan fingerprint density at radius 1 is 1.55 bits per heavy atom. The topological polar surface area (TPSA) is 80.5 Å². The van der Waals surface area contributed by atoms with Crippen molar-refractivity contribution in [3.05, 3.63) is 34.6 Å². The van der Waals surface area contributed by atoms with Crippen LogP contribution in [0.25, 0.3) is 0 Å². The van der Waals surface area contributed by atoms with Gasteiger partial charge in [-0.05, 0) is 19.1 Å². The van der Waals surface area contributed by atoms with Gasteiger partial charge in [-0.3, -0.25) is 0 Å². The molecular weight excluding hydrogens is 310 g/mol. The fraction of sp³-hybridized carbons (Fsp3) is 0.400. The molecule has 0 amide bonds. The fourth-order valence-corrected chi connectivity index (χ4v) is 2.22. The largest absolute Gasteiger partial charge is 0.513 e. The standard InChI is InChI=1S/C15H18ClNO5/c1-9(19)3-4-21-11-5-12(14(20-2)13(16)6-11)15-17-10(7-18)8-22-15/h3,5-6,10,18-19H,4,7-8H2,1-2H3/b9-3+. The molecule has 1 unspecified atom stereocenters. The first kappa shape index (κ1) is 16.5. The number of nitrogens with zero attached hydrogens (tertiary/aromatic N) is 1. The molecule has 1 aliphatic heterocycles. The van der Waals surface area contributed by atoms with Crippen LogP contribution in [0.4, 0.5) is 0 Å². The van der Waals surface area contributed by atoms with E-state index in [2.05, 4.69) is 4.99 Å². The Bertz CT molecular complexity index is 596. The number of rotatable bonds is 6. The molecule has 0 radical (unpaired) electrons. The molecule has 120 valence electrons. The number of ether oxygens (including phenoxy) is 3. The second-order valence-electron chi connectivity index (χ2n) is 4.72. The van der Waals surface area contributed by atoms with E-state index >= 15 is 0 Å². The van der Waals surface area contributed by atoms with E-state index < -0.39 is 0 Å². The normalized spacial score (nSPS) is 17.9. The molecule has 1 aromatic carbocycles. The van der Waals surface area contributed by atoms with Crippen LogP contribution in [0.2, 0.25) is 5.02 Å². The third-order valence-corrected chi connectivity index (χ3v) is 3.28. The van der Waals surface area contributed by atoms with Crippen molar-refractivity contribution in [2.45, 2.75) is 13.0 Å². The predicted molar refractivity (Wildman–Crippen MR) is 83.2 cm³/mol. The van der Waals surface area contributed by atoms with E-state index in [1.165, 1.54) is 13.2 Å². The molecule has 1 atom stereocenters. The number of aliphatic hydroxyl groups excluding tert-OH is 2. The van der Waals surface area contributed by atoms with Crippen molar-refractivity contribution >= 4 is 17.5 Å². The molecule has 1 aliphatic rings. The first-order valence-electron chi connectivity index (χ1n) is 6.73. The summed E-state index contributed by atoms with van der Waals surface area (Å²) in [7, 11) is 1.50. The van der Waals surface area contributed by atoms with Crippen LogP contribution in [0, 0.1) is 0 Å². The molecule has 6 nitrogen and oxygen atoms in total. The molecule has 0 aromatic heterocycles. The van der Waals surface area contributed by atoms with Crippen molar-refractivity contribution in [1.82, 2.24) is 0 Å². The number of halogens is 1. The lowest BCUT2D eigenvalue weighted by Gasteiger charge is -2.13. The highest BCUT2D eigenvalue weighted by Crippen LogP contribution is 2.35. The highest BCUT2D eigenvalue weighted by Gasteiger charge is 2.24. The third-order valence-electron chi connectivity index (χ3n) is 3.00. The van der Waals surface area contributed by atoms with E-state index in [4.69, 9.17) is 36.0 Å². The molecule has 0 spiro atoms. The minimum atomic E-state index is -0.289. The average Bonchev–Trinajstić information content (AvgIpc) is 2.95. The van der Waals surface area contributed by atoms with Crippen molar-refractivity contribution in [3.8, 4) is 11.5 Å². The van der Waals surface area contributed by atoms with Gasteiger partial charge in [0.25, 0.3) is 0 Å². The second kappa shape index (κ2) is 7.38. The van der Waals surface area contributed by atoms with Gasteiger partial charge < -0.3 is 24.4 Å². The highest BCUT2D eigenvalue weighted by molar-refractivity contribution is 6.33. The monoisotopic (exact) mass is 327 g/mol. The van der Waals surface area contributed by atoms with Gasteiger partial charge in [0.15, 0.2) is 0 Å². The Balaban J connectivity index is 2.30. The zero-order chi connectivity index (χ0) is 16.1. The number of benzene rings is 1. The Hall–Kier alpha value is -1.92. The summed E-state index contributed by atoms with van der Waals surface area (Å²) in [5, 5.41) is 18.6. The van der Waals surface area contributed by atoms with Gasteiger partial charge >= 0.3 is 0 Å². The van der Waals surface area contributed by atoms with Crippen LogP contribution in [-0.4, -0.2) is 49.1 Å². The predicted octanol–water partition coefficient (Wildman–Crippen LogP) is 2.33. The van der Waals surface area contributed by atoms with Gasteiger partial charge in [0, 0.05) is 6.07 Å². The van der Waals surface area contributed by atoms with Gasteiger partial charge in [0.1, 0.15) is 30.8 Å². The molecule has 2 N–H and O–H groups in total. The lowest BCUT2D eigenvalue weighted by atomic mass is 10.2. The highest BCUT2D eigenvalue weighted by atomic mass is 35.5. The minimum Gasteiger partial charge on any atom is -0.513 e. The van der Waals surface area contributed by atoms with Crippen LogP contribution in [0.15, 0.2) is 29.0 Å². The Kier molecular flexibility index (Phi) is 5.51. The summed E-state index contributed by atoms with van der Waals surface area (Å²) in [6, 6.07) is 3.02. The lowest BCUT2D eigenvalue weighted by molar-refractivity contribution is 0.227. The zero-order valence-corrected chi connectivity index (χ0v) is 13.1. The maximum atomic E-state index is 9.14. The summed E-state index contributed by atoms with van der Waals surface area (Å²) >= 11 is 6.20. The van der Waals surface area contributed by atoms with Crippen LogP contribution < -0.4 is 9.47 Å². The van der Waals surface area contributed by atoms with Crippen molar-refractivity contribution in [3.63, 3.8) is 0 Å². The summed E-state index contributed by atoms with van der Waals surface area (Å²) in [5.41, 5.74) is 0.561. The van der Waals surface area contributed by atoms with E-state index in [0.29, 0.717) is 34.6 Å². The van der Waals surface area contributed by atoms with E-state index in [0.717, 1.165) is 0 Å². The number of aliphatic hydroxyl groups is 2. The Morgan fingerprint density at radius 3 is 2.91 bits per heavy atom. The summed E-state index contributed by atoms with van der Waals surface area (Å²) in [6.07, 6.45) is 1.53. The summed E-state index contributed by atoms with van der Waals surface area (Å²) in [6.45, 7) is 1.99. The lowest BCUT2D eigenvalue weighted by Crippen LogP contribution is -2.10. The van der Waals surface area contributed by atoms with E-state index in [9.17, 15) is 0 Å². The first-order valence-corrected chi connectivity index (χ1v) is 7.10. The van der Waals surface area contributed by atoms with E-state index in [1.807, 2.05) is 0 Å². The van der Waals surface area contributed by atoms with Gasteiger partial charge in [-0.15, -0.1) is 0 Å². The summed E-state index contributed by atoms with van der Waals surface area (Å²) in [5.74, 6) is 1.46. The number of allylic oxidation sites excluding steroid dienone is 1. The van der Waals surface area contributed by atoms with Gasteiger partial charge in [-0.2, -0.15) is 0 Å². The molecule has 0 saturated carbocycles. The van der Waals surface area contributed by atoms with Gasteiger partial charge in [0.2, 0.25) is 5.90 Å². The Labute approximate surface area is 133 Å². The Morgan fingerprint density at radius 2 is 2.32 bits per heavy atom. The van der Waals surface area contributed by atoms with Crippen LogP contribution >= 0.6 is 11.6 Å². The van der Waals surface area contributed by atoms with Crippen molar-refractivity contribution < 1.29 is 24.4 Å². The second-order valence-corrected chi connectivity index (χ2v) is 5.13. The van der Waals surface area contributed by atoms with Gasteiger partial charge in [-0.25, -0.2) is 4.99 Å². The average molecular weight is 328 g/mol. The molecule has 0 aliphatic carbocycles. The van der Waals surface area contributed by atoms with Crippen molar-refractivity contribution in [2.75, 3.05) is 26.9 Å². The SMILES string of the molecule is COc1c(Cl)cc(OC/C=C(\C)O)cc1C1=NC(CO)CO1. The molecule has 22 heavy (non-hydrogen) atoms. The molecule has 0 bridgehead atoms. The van der Waals surface area contributed by atoms with Crippen LogP contribution in [0.3, 0.4) is 0 Å². The first-order chi connectivity index (χ1) is 10.5. The molecule has 1 heterocycles. The quantitative estimate of drug-likeness (QED) is 0.784. The zero-order valence-electron chi connectivity index (χ0n) is 12.4. The van der Waals surface area contributed by atoms with Crippen LogP contribution in [-0.2, 0) is 4.74 Å². The van der Waals surface area contributed by atoms with E-state index in [1.54, 1.807) is 19.1 Å². The molecule has 2 rings (SSSR count). The maximum absolute atomic E-state index is 9.14. The number of hydrogen-bond donors (Lipinski definition) is 2. The molecule has 0 fully saturated rings. The number of methoxy groups -OCH3 is 1. The molecule has 1 aromatic rings. The summed E-state index contributed by atoms with van der Waals surface area (Å²) < 4.78 is 16.3. The van der Waals surface area contributed by atoms with Crippen LogP contribution in [0.5, 0.6) is 11.5 Å². The van der Waals surface area contributed by atoms with E-state index in [-0.39, 0.29) is 25.0 Å². The smallest absolute Gasteiger partial charge is 0.220 e. The third kappa shape index (κ3) is 3.84. The van der Waals surface area contributed by atoms with Gasteiger partial charge in [0.05, 0.1) is 30.1 Å². The number of aliphatic imine (C=N–C) groups is 1. The molecule has 0 saturated heterocycles. The van der Waals surface area contributed by atoms with Crippen LogP contribution in [0.1, 0.15) is 12.5 Å². The summed E-state index contributed by atoms with van der Waals surface area (Å²) in [4.78, 5) is 4.27. The number of hydrogen-bond acceptors (Lipinski definition) is 6. The fourth-order valence-electron chi connectivity index (χ4n) is 1.93. The van der Waals surface area contributed by atoms with Crippen molar-refractivity contribution in [2.24, 2.45) is 4.99 Å². The molecular formula is C15H18ClNO5. The molecule has 7 heteroatoms. The minimum absolute atomic E-state index is 0.0870.